The van der Waals surface area contributed by atoms with Crippen molar-refractivity contribution in [1.29, 1.82) is 0 Å². The van der Waals surface area contributed by atoms with Crippen LogP contribution in [0.3, 0.4) is 0 Å². The summed E-state index contributed by atoms with van der Waals surface area (Å²) in [4.78, 5) is 12.3. The van der Waals surface area contributed by atoms with Gasteiger partial charge in [0, 0.05) is 19.2 Å². The first-order chi connectivity index (χ1) is 11.7. The number of carbonyl (C=O) groups is 1. The van der Waals surface area contributed by atoms with Gasteiger partial charge in [0.05, 0.1) is 12.1 Å². The zero-order valence-corrected chi connectivity index (χ0v) is 13.4. The molecule has 1 aromatic heterocycles. The van der Waals surface area contributed by atoms with E-state index in [1.165, 1.54) is 0 Å². The van der Waals surface area contributed by atoms with Crippen LogP contribution in [0.1, 0.15) is 17.9 Å². The summed E-state index contributed by atoms with van der Waals surface area (Å²) in [6, 6.07) is 17.8. The largest absolute Gasteiger partial charge is 0.426 e. The number of benzene rings is 2. The summed E-state index contributed by atoms with van der Waals surface area (Å²) in [5.41, 5.74) is 3.36. The van der Waals surface area contributed by atoms with E-state index >= 15 is 0 Å². The fraction of sp³-hybridized carbons (Fsp3) is 0.200. The summed E-state index contributed by atoms with van der Waals surface area (Å²) in [5, 5.41) is 4.16. The van der Waals surface area contributed by atoms with Crippen LogP contribution in [0.4, 0.5) is 0 Å². The molecule has 4 heteroatoms. The van der Waals surface area contributed by atoms with Crippen molar-refractivity contribution in [3.8, 4) is 16.9 Å². The normalized spacial score (nSPS) is 19.0. The average molecular weight is 318 g/mol. The maximum absolute atomic E-state index is 12.3. The van der Waals surface area contributed by atoms with E-state index < -0.39 is 0 Å². The van der Waals surface area contributed by atoms with Gasteiger partial charge in [0.25, 0.3) is 0 Å². The molecule has 1 aliphatic rings. The van der Waals surface area contributed by atoms with Crippen LogP contribution in [-0.4, -0.2) is 15.7 Å². The number of hydrogen-bond donors (Lipinski definition) is 0. The molecule has 0 N–H and O–H groups in total. The van der Waals surface area contributed by atoms with Gasteiger partial charge >= 0.3 is 5.97 Å². The van der Waals surface area contributed by atoms with Gasteiger partial charge < -0.3 is 4.74 Å². The number of aryl methyl sites for hydroxylation is 1. The Labute approximate surface area is 140 Å². The van der Waals surface area contributed by atoms with E-state index in [2.05, 4.69) is 17.2 Å². The Balaban J connectivity index is 1.40. The lowest BCUT2D eigenvalue weighted by Crippen LogP contribution is -2.11. The smallest absolute Gasteiger partial charge is 0.314 e. The standard InChI is InChI=1S/C20H18N2O2/c1-22-13-16(12-21-22)18-11-19(18)20(23)24-17-9-7-15(8-10-17)14-5-3-2-4-6-14/h2-10,12-13,18-19H,11H2,1H3. The van der Waals surface area contributed by atoms with Gasteiger partial charge in [0.15, 0.2) is 0 Å². The predicted octanol–water partition coefficient (Wildman–Crippen LogP) is 3.80. The summed E-state index contributed by atoms with van der Waals surface area (Å²) in [5.74, 6) is 0.630. The lowest BCUT2D eigenvalue weighted by molar-refractivity contribution is -0.135. The summed E-state index contributed by atoms with van der Waals surface area (Å²) < 4.78 is 7.28. The summed E-state index contributed by atoms with van der Waals surface area (Å²) >= 11 is 0. The van der Waals surface area contributed by atoms with Crippen molar-refractivity contribution in [2.45, 2.75) is 12.3 Å². The van der Waals surface area contributed by atoms with Gasteiger partial charge in [-0.05, 0) is 35.2 Å². The molecule has 1 aliphatic carbocycles. The third kappa shape index (κ3) is 2.95. The van der Waals surface area contributed by atoms with Gasteiger partial charge in [-0.2, -0.15) is 5.10 Å². The molecule has 0 radical (unpaired) electrons. The van der Waals surface area contributed by atoms with Crippen molar-refractivity contribution in [2.24, 2.45) is 13.0 Å². The molecular weight excluding hydrogens is 300 g/mol. The minimum Gasteiger partial charge on any atom is -0.426 e. The fourth-order valence-electron chi connectivity index (χ4n) is 2.99. The van der Waals surface area contributed by atoms with Crippen LogP contribution in [0.2, 0.25) is 0 Å². The number of ether oxygens (including phenoxy) is 1. The molecule has 120 valence electrons. The van der Waals surface area contributed by atoms with Crippen LogP contribution in [0.15, 0.2) is 67.0 Å². The summed E-state index contributed by atoms with van der Waals surface area (Å²) in [6.45, 7) is 0. The number of aromatic nitrogens is 2. The van der Waals surface area contributed by atoms with E-state index in [0.717, 1.165) is 23.1 Å². The zero-order valence-electron chi connectivity index (χ0n) is 13.4. The molecule has 2 aromatic carbocycles. The van der Waals surface area contributed by atoms with Gasteiger partial charge in [-0.25, -0.2) is 0 Å². The fourth-order valence-corrected chi connectivity index (χ4v) is 2.99. The first kappa shape index (κ1) is 14.7. The minimum atomic E-state index is -0.156. The van der Waals surface area contributed by atoms with E-state index in [1.54, 1.807) is 4.68 Å². The van der Waals surface area contributed by atoms with Gasteiger partial charge in [0.1, 0.15) is 5.75 Å². The molecule has 3 aromatic rings. The van der Waals surface area contributed by atoms with Crippen molar-refractivity contribution in [3.63, 3.8) is 0 Å². The molecule has 4 rings (SSSR count). The van der Waals surface area contributed by atoms with E-state index in [4.69, 9.17) is 4.74 Å². The molecule has 0 spiro atoms. The zero-order chi connectivity index (χ0) is 16.5. The predicted molar refractivity (Wildman–Crippen MR) is 91.6 cm³/mol. The number of nitrogens with zero attached hydrogens (tertiary/aromatic N) is 2. The lowest BCUT2D eigenvalue weighted by Gasteiger charge is -2.06. The van der Waals surface area contributed by atoms with Crippen molar-refractivity contribution < 1.29 is 9.53 Å². The molecule has 1 fully saturated rings. The highest BCUT2D eigenvalue weighted by Gasteiger charge is 2.46. The highest BCUT2D eigenvalue weighted by Crippen LogP contribution is 2.48. The highest BCUT2D eigenvalue weighted by molar-refractivity contribution is 5.79. The number of carbonyl (C=O) groups excluding carboxylic acids is 1. The van der Waals surface area contributed by atoms with Gasteiger partial charge in [-0.3, -0.25) is 9.48 Å². The van der Waals surface area contributed by atoms with Crippen molar-refractivity contribution in [1.82, 2.24) is 9.78 Å². The van der Waals surface area contributed by atoms with Crippen molar-refractivity contribution >= 4 is 5.97 Å². The Hall–Kier alpha value is -2.88. The quantitative estimate of drug-likeness (QED) is 0.543. The third-order valence-corrected chi connectivity index (χ3v) is 4.43. The van der Waals surface area contributed by atoms with Crippen LogP contribution in [-0.2, 0) is 11.8 Å². The Kier molecular flexibility index (Phi) is 3.65. The molecule has 0 bridgehead atoms. The number of hydrogen-bond acceptors (Lipinski definition) is 3. The van der Waals surface area contributed by atoms with Gasteiger partial charge in [-0.15, -0.1) is 0 Å². The molecule has 2 atom stereocenters. The average Bonchev–Trinajstić information content (AvgIpc) is 3.31. The Morgan fingerprint density at radius 3 is 2.46 bits per heavy atom. The van der Waals surface area contributed by atoms with Crippen molar-refractivity contribution in [2.75, 3.05) is 0 Å². The third-order valence-electron chi connectivity index (χ3n) is 4.43. The van der Waals surface area contributed by atoms with E-state index in [-0.39, 0.29) is 17.8 Å². The maximum Gasteiger partial charge on any atom is 0.314 e. The Morgan fingerprint density at radius 1 is 1.08 bits per heavy atom. The van der Waals surface area contributed by atoms with Crippen LogP contribution >= 0.6 is 0 Å². The van der Waals surface area contributed by atoms with Gasteiger partial charge in [0.2, 0.25) is 0 Å². The first-order valence-corrected chi connectivity index (χ1v) is 8.06. The Bertz CT molecular complexity index is 853. The van der Waals surface area contributed by atoms with Crippen LogP contribution < -0.4 is 4.74 Å². The van der Waals surface area contributed by atoms with Crippen molar-refractivity contribution in [3.05, 3.63) is 72.6 Å². The number of rotatable bonds is 4. The molecule has 24 heavy (non-hydrogen) atoms. The lowest BCUT2D eigenvalue weighted by atomic mass is 10.1. The van der Waals surface area contributed by atoms with E-state index in [9.17, 15) is 4.79 Å². The van der Waals surface area contributed by atoms with E-state index in [1.807, 2.05) is 61.9 Å². The van der Waals surface area contributed by atoms with Gasteiger partial charge in [-0.1, -0.05) is 42.5 Å². The molecular formula is C20H18N2O2. The minimum absolute atomic E-state index is 0.0528. The highest BCUT2D eigenvalue weighted by atomic mass is 16.5. The van der Waals surface area contributed by atoms with Crippen LogP contribution in [0.5, 0.6) is 5.75 Å². The topological polar surface area (TPSA) is 44.1 Å². The molecule has 4 nitrogen and oxygen atoms in total. The molecule has 0 saturated heterocycles. The summed E-state index contributed by atoms with van der Waals surface area (Å²) in [7, 11) is 1.88. The number of esters is 1. The summed E-state index contributed by atoms with van der Waals surface area (Å²) in [6.07, 6.45) is 4.63. The SMILES string of the molecule is Cn1cc(C2CC2C(=O)Oc2ccc(-c3ccccc3)cc2)cn1. The molecule has 0 amide bonds. The van der Waals surface area contributed by atoms with E-state index in [0.29, 0.717) is 5.75 Å². The van der Waals surface area contributed by atoms with Crippen LogP contribution in [0, 0.1) is 5.92 Å². The monoisotopic (exact) mass is 318 g/mol. The second kappa shape index (κ2) is 5.96. The Morgan fingerprint density at radius 2 is 1.79 bits per heavy atom. The molecule has 1 heterocycles. The maximum atomic E-state index is 12.3. The second-order valence-electron chi connectivity index (χ2n) is 6.21. The second-order valence-corrected chi connectivity index (χ2v) is 6.21. The molecule has 1 saturated carbocycles. The van der Waals surface area contributed by atoms with Crippen LogP contribution in [0.25, 0.3) is 11.1 Å². The molecule has 2 unspecified atom stereocenters. The first-order valence-electron chi connectivity index (χ1n) is 8.06. The molecule has 0 aliphatic heterocycles.